The summed E-state index contributed by atoms with van der Waals surface area (Å²) in [6.07, 6.45) is -0.00356. The van der Waals surface area contributed by atoms with Crippen molar-refractivity contribution >= 4 is 17.5 Å². The van der Waals surface area contributed by atoms with Crippen molar-refractivity contribution in [3.63, 3.8) is 0 Å². The van der Waals surface area contributed by atoms with Gasteiger partial charge in [0, 0.05) is 11.1 Å². The molecule has 4 nitrogen and oxygen atoms in total. The smallest absolute Gasteiger partial charge is 0.257 e. The van der Waals surface area contributed by atoms with Gasteiger partial charge < -0.3 is 14.8 Å². The molecule has 0 spiro atoms. The molecule has 0 atom stereocenters. The van der Waals surface area contributed by atoms with Crippen molar-refractivity contribution in [3.8, 4) is 11.5 Å². The average Bonchev–Trinajstić information content (AvgIpc) is 2.18. The van der Waals surface area contributed by atoms with E-state index in [-0.39, 0.29) is 18.7 Å². The van der Waals surface area contributed by atoms with Crippen molar-refractivity contribution in [2.24, 2.45) is 0 Å². The van der Waals surface area contributed by atoms with E-state index >= 15 is 0 Å². The Hall–Kier alpha value is -1.42. The van der Waals surface area contributed by atoms with Crippen LogP contribution in [0.1, 0.15) is 24.2 Å². The fourth-order valence-electron chi connectivity index (χ4n) is 1.50. The average molecular weight is 242 g/mol. The molecule has 1 aromatic carbocycles. The van der Waals surface area contributed by atoms with Crippen LogP contribution in [0.5, 0.6) is 11.5 Å². The fourth-order valence-corrected chi connectivity index (χ4v) is 1.70. The highest BCUT2D eigenvalue weighted by molar-refractivity contribution is 6.31. The van der Waals surface area contributed by atoms with E-state index in [9.17, 15) is 4.79 Å². The van der Waals surface area contributed by atoms with Crippen LogP contribution in [0.4, 0.5) is 0 Å². The Kier molecular flexibility index (Phi) is 2.92. The second-order valence-electron chi connectivity index (χ2n) is 3.74. The summed E-state index contributed by atoms with van der Waals surface area (Å²) in [5.41, 5.74) is 0.411. The summed E-state index contributed by atoms with van der Waals surface area (Å²) in [5.74, 6) is 0.770. The van der Waals surface area contributed by atoms with Gasteiger partial charge in [0.1, 0.15) is 0 Å². The molecular weight excluding hydrogens is 230 g/mol. The van der Waals surface area contributed by atoms with Crippen molar-refractivity contribution in [3.05, 3.63) is 22.7 Å². The Bertz CT molecular complexity index is 431. The Labute approximate surface area is 98.5 Å². The number of ether oxygens (including phenoxy) is 2. The van der Waals surface area contributed by atoms with Crippen LogP contribution >= 0.6 is 11.6 Å². The highest BCUT2D eigenvalue weighted by Crippen LogP contribution is 2.36. The van der Waals surface area contributed by atoms with E-state index in [2.05, 4.69) is 5.32 Å². The summed E-state index contributed by atoms with van der Waals surface area (Å²) in [7, 11) is 0. The molecule has 16 heavy (non-hydrogen) atoms. The van der Waals surface area contributed by atoms with Gasteiger partial charge in [-0.05, 0) is 19.9 Å². The highest BCUT2D eigenvalue weighted by atomic mass is 35.5. The lowest BCUT2D eigenvalue weighted by Gasteiger charge is -2.22. The molecule has 0 aromatic heterocycles. The lowest BCUT2D eigenvalue weighted by molar-refractivity contribution is 0.0875. The maximum Gasteiger partial charge on any atom is 0.257 e. The van der Waals surface area contributed by atoms with Crippen LogP contribution in [-0.2, 0) is 0 Å². The van der Waals surface area contributed by atoms with Gasteiger partial charge in [-0.15, -0.1) is 0 Å². The number of hydrogen-bond acceptors (Lipinski definition) is 3. The van der Waals surface area contributed by atoms with Crippen LogP contribution in [0.3, 0.4) is 0 Å². The molecule has 1 aliphatic rings. The van der Waals surface area contributed by atoms with Gasteiger partial charge in [-0.1, -0.05) is 11.6 Å². The fraction of sp³-hybridized carbons (Fsp3) is 0.364. The predicted octanol–water partition coefficient (Wildman–Crippen LogP) is 2.21. The standard InChI is InChI=1S/C11H12ClNO3/c1-6(2)16-9-4-7(12)3-8-10(9)15-5-13-11(8)14/h3-4,6H,5H2,1-2H3,(H,13,14). The van der Waals surface area contributed by atoms with Crippen LogP contribution in [0.15, 0.2) is 12.1 Å². The third kappa shape index (κ3) is 2.07. The number of carbonyl (C=O) groups excluding carboxylic acids is 1. The minimum absolute atomic E-state index is 0.00356. The number of nitrogens with one attached hydrogen (secondary N) is 1. The first-order valence-corrected chi connectivity index (χ1v) is 5.37. The molecule has 1 heterocycles. The van der Waals surface area contributed by atoms with Gasteiger partial charge in [0.05, 0.1) is 11.7 Å². The van der Waals surface area contributed by atoms with E-state index in [0.29, 0.717) is 22.1 Å². The van der Waals surface area contributed by atoms with Gasteiger partial charge in [-0.25, -0.2) is 0 Å². The van der Waals surface area contributed by atoms with Gasteiger partial charge in [-0.2, -0.15) is 0 Å². The molecule has 1 aliphatic heterocycles. The monoisotopic (exact) mass is 241 g/mol. The summed E-state index contributed by atoms with van der Waals surface area (Å²) < 4.78 is 10.9. The Morgan fingerprint density at radius 1 is 1.50 bits per heavy atom. The molecular formula is C11H12ClNO3. The lowest BCUT2D eigenvalue weighted by atomic mass is 10.1. The SMILES string of the molecule is CC(C)Oc1cc(Cl)cc2c1OCNC2=O. The molecule has 0 aliphatic carbocycles. The summed E-state index contributed by atoms with van der Waals surface area (Å²) >= 11 is 5.92. The summed E-state index contributed by atoms with van der Waals surface area (Å²) in [6, 6.07) is 3.22. The van der Waals surface area contributed by atoms with E-state index in [1.54, 1.807) is 12.1 Å². The molecule has 1 aromatic rings. The zero-order chi connectivity index (χ0) is 11.7. The summed E-state index contributed by atoms with van der Waals surface area (Å²) in [6.45, 7) is 3.95. The number of halogens is 1. The van der Waals surface area contributed by atoms with Crippen molar-refractivity contribution in [2.45, 2.75) is 20.0 Å². The van der Waals surface area contributed by atoms with Crippen molar-refractivity contribution in [1.82, 2.24) is 5.32 Å². The first-order valence-electron chi connectivity index (χ1n) is 4.99. The minimum atomic E-state index is -0.197. The number of rotatable bonds is 2. The first-order chi connectivity index (χ1) is 7.58. The molecule has 1 N–H and O–H groups in total. The van der Waals surface area contributed by atoms with Gasteiger partial charge >= 0.3 is 0 Å². The number of carbonyl (C=O) groups is 1. The van der Waals surface area contributed by atoms with Gasteiger partial charge in [0.2, 0.25) is 0 Å². The van der Waals surface area contributed by atoms with Gasteiger partial charge in [-0.3, -0.25) is 4.79 Å². The second-order valence-corrected chi connectivity index (χ2v) is 4.18. The molecule has 2 rings (SSSR count). The Morgan fingerprint density at radius 2 is 2.25 bits per heavy atom. The van der Waals surface area contributed by atoms with Crippen LogP contribution in [-0.4, -0.2) is 18.7 Å². The van der Waals surface area contributed by atoms with E-state index in [1.165, 1.54) is 0 Å². The third-order valence-corrected chi connectivity index (χ3v) is 2.29. The largest absolute Gasteiger partial charge is 0.487 e. The highest BCUT2D eigenvalue weighted by Gasteiger charge is 2.23. The summed E-state index contributed by atoms with van der Waals surface area (Å²) in [5, 5.41) is 3.02. The quantitative estimate of drug-likeness (QED) is 0.864. The van der Waals surface area contributed by atoms with Crippen LogP contribution in [0.25, 0.3) is 0 Å². The molecule has 1 amide bonds. The summed E-state index contributed by atoms with van der Waals surface area (Å²) in [4.78, 5) is 11.6. The van der Waals surface area contributed by atoms with Crippen LogP contribution in [0.2, 0.25) is 5.02 Å². The minimum Gasteiger partial charge on any atom is -0.487 e. The Balaban J connectivity index is 2.48. The molecule has 0 unspecified atom stereocenters. The first kappa shape index (κ1) is 11.1. The maximum atomic E-state index is 11.6. The molecule has 0 radical (unpaired) electrons. The van der Waals surface area contributed by atoms with Crippen molar-refractivity contribution in [1.29, 1.82) is 0 Å². The molecule has 0 saturated carbocycles. The zero-order valence-corrected chi connectivity index (χ0v) is 9.80. The normalized spacial score (nSPS) is 14.1. The Morgan fingerprint density at radius 3 is 2.94 bits per heavy atom. The second kappa shape index (κ2) is 4.22. The number of hydrogen-bond donors (Lipinski definition) is 1. The zero-order valence-electron chi connectivity index (χ0n) is 9.04. The molecule has 86 valence electrons. The van der Waals surface area contributed by atoms with E-state index in [0.717, 1.165) is 0 Å². The molecule has 5 heteroatoms. The number of fused-ring (bicyclic) bond motifs is 1. The lowest BCUT2D eigenvalue weighted by Crippen LogP contribution is -2.33. The molecule has 0 fully saturated rings. The van der Waals surface area contributed by atoms with Crippen molar-refractivity contribution < 1.29 is 14.3 Å². The third-order valence-electron chi connectivity index (χ3n) is 2.08. The van der Waals surface area contributed by atoms with Crippen molar-refractivity contribution in [2.75, 3.05) is 6.73 Å². The predicted molar refractivity (Wildman–Crippen MR) is 60.2 cm³/mol. The van der Waals surface area contributed by atoms with E-state index in [4.69, 9.17) is 21.1 Å². The maximum absolute atomic E-state index is 11.6. The number of benzene rings is 1. The van der Waals surface area contributed by atoms with Gasteiger partial charge in [0.15, 0.2) is 18.2 Å². The number of amides is 1. The van der Waals surface area contributed by atoms with E-state index in [1.807, 2.05) is 13.8 Å². The molecule has 0 bridgehead atoms. The van der Waals surface area contributed by atoms with Crippen LogP contribution in [0, 0.1) is 0 Å². The van der Waals surface area contributed by atoms with Gasteiger partial charge in [0.25, 0.3) is 5.91 Å². The van der Waals surface area contributed by atoms with E-state index < -0.39 is 0 Å². The van der Waals surface area contributed by atoms with Crippen LogP contribution < -0.4 is 14.8 Å². The molecule has 0 saturated heterocycles. The topological polar surface area (TPSA) is 47.6 Å².